The van der Waals surface area contributed by atoms with Crippen molar-refractivity contribution in [2.75, 3.05) is 13.2 Å². The van der Waals surface area contributed by atoms with E-state index in [0.29, 0.717) is 24.0 Å². The van der Waals surface area contributed by atoms with Gasteiger partial charge in [0.2, 0.25) is 0 Å². The van der Waals surface area contributed by atoms with Crippen LogP contribution in [0.1, 0.15) is 36.4 Å². The zero-order valence-electron chi connectivity index (χ0n) is 24.6. The maximum absolute atomic E-state index is 11.2. The zero-order valence-corrected chi connectivity index (χ0v) is 27.0. The number of benzene rings is 2. The third-order valence-electron chi connectivity index (χ3n) is 4.95. The number of carbonyl (C=O) groups excluding carboxylic acids is 2. The quantitative estimate of drug-likeness (QED) is 0.160. The van der Waals surface area contributed by atoms with E-state index in [1.54, 1.807) is 60.9 Å². The molecule has 2 aromatic carbocycles. The van der Waals surface area contributed by atoms with E-state index in [0.717, 1.165) is 23.5 Å². The molecule has 0 atom stereocenters. The van der Waals surface area contributed by atoms with Crippen molar-refractivity contribution in [3.63, 3.8) is 0 Å². The van der Waals surface area contributed by atoms with E-state index in [4.69, 9.17) is 0 Å². The first-order valence-electron chi connectivity index (χ1n) is 13.1. The molecule has 4 rings (SSSR count). The molecule has 0 aliphatic heterocycles. The van der Waals surface area contributed by atoms with Crippen molar-refractivity contribution in [1.29, 1.82) is 0 Å². The van der Waals surface area contributed by atoms with E-state index in [2.05, 4.69) is 9.97 Å². The Morgan fingerprint density at radius 3 is 1.16 bits per heavy atom. The van der Waals surface area contributed by atoms with Gasteiger partial charge in [-0.15, -0.1) is 25.6 Å². The van der Waals surface area contributed by atoms with Crippen LogP contribution in [0.15, 0.2) is 122 Å². The Balaban J connectivity index is 0. The molecule has 0 bridgehead atoms. The summed E-state index contributed by atoms with van der Waals surface area (Å²) in [6, 6.07) is 28.6. The Morgan fingerprint density at radius 1 is 0.591 bits per heavy atom. The number of halogens is 1. The van der Waals surface area contributed by atoms with Crippen LogP contribution >= 0.6 is 12.4 Å². The standard InChI is InChI=1S/2C10H10O2.2C7H8NO.ClH.Ti/c2*1-8(11)7-10(12)9-5-3-2-4-6-9;2*9-6-4-7-3-1-2-5-8-7;;/h2*2-7,12H,1H3;2*1-3,5H,4,6H2;1H;/q;;2*-1;;+4/p-2/b2*10-7-;;;;. The number of ketones is 2. The van der Waals surface area contributed by atoms with Gasteiger partial charge in [-0.3, -0.25) is 19.6 Å². The molecule has 10 heteroatoms. The molecule has 0 saturated carbocycles. The van der Waals surface area contributed by atoms with E-state index in [9.17, 15) is 30.0 Å². The van der Waals surface area contributed by atoms with E-state index >= 15 is 0 Å². The van der Waals surface area contributed by atoms with Crippen molar-refractivity contribution in [3.05, 3.63) is 144 Å². The van der Waals surface area contributed by atoms with Crippen molar-refractivity contribution < 1.29 is 51.7 Å². The Labute approximate surface area is 280 Å². The van der Waals surface area contributed by atoms with Crippen molar-refractivity contribution in [3.8, 4) is 0 Å². The van der Waals surface area contributed by atoms with Crippen LogP contribution in [0, 0.1) is 0 Å². The fourth-order valence-electron chi connectivity index (χ4n) is 3.04. The maximum Gasteiger partial charge on any atom is 4.00 e. The summed E-state index contributed by atoms with van der Waals surface area (Å²) in [5.41, 5.74) is 2.86. The SMILES string of the molecule is CC(=O)/C=C(\[O-])c1ccccc1.CC(=O)/C=C(\[O-])c1ccccc1.Cl.[O-]CCc1ccccn1.[O-]CCc1ccccn1.[Ti+4]. The second kappa shape index (κ2) is 26.7. The van der Waals surface area contributed by atoms with Crippen molar-refractivity contribution in [1.82, 2.24) is 9.97 Å². The van der Waals surface area contributed by atoms with Crippen LogP contribution in [0.25, 0.3) is 11.5 Å². The van der Waals surface area contributed by atoms with Gasteiger partial charge in [-0.2, -0.15) is 0 Å². The number of carbonyl (C=O) groups is 2. The molecule has 0 amide bonds. The first-order chi connectivity index (χ1) is 20.3. The molecule has 0 saturated heterocycles. The van der Waals surface area contributed by atoms with Crippen LogP contribution in [-0.4, -0.2) is 34.7 Å². The predicted molar refractivity (Wildman–Crippen MR) is 163 cm³/mol. The van der Waals surface area contributed by atoms with Crippen LogP contribution < -0.4 is 20.4 Å². The molecule has 0 fully saturated rings. The van der Waals surface area contributed by atoms with Crippen molar-refractivity contribution in [2.45, 2.75) is 26.7 Å². The van der Waals surface area contributed by atoms with E-state index < -0.39 is 0 Å². The summed E-state index contributed by atoms with van der Waals surface area (Å²) in [5.74, 6) is -0.904. The van der Waals surface area contributed by atoms with Crippen LogP contribution in [-0.2, 0) is 44.1 Å². The summed E-state index contributed by atoms with van der Waals surface area (Å²) < 4.78 is 0. The van der Waals surface area contributed by atoms with Gasteiger partial charge in [0.1, 0.15) is 0 Å². The Kier molecular flexibility index (Phi) is 25.6. The molecule has 0 aliphatic carbocycles. The molecule has 44 heavy (non-hydrogen) atoms. The molecule has 2 heterocycles. The molecule has 0 unspecified atom stereocenters. The second-order valence-electron chi connectivity index (χ2n) is 8.52. The first-order valence-corrected chi connectivity index (χ1v) is 13.1. The molecule has 228 valence electrons. The average molecular weight is 651 g/mol. The van der Waals surface area contributed by atoms with E-state index in [1.807, 2.05) is 48.5 Å². The Bertz CT molecular complexity index is 1250. The average Bonchev–Trinajstić information content (AvgIpc) is 3.00. The molecule has 2 aromatic heterocycles. The molecule has 0 radical (unpaired) electrons. The van der Waals surface area contributed by atoms with Crippen LogP contribution in [0.3, 0.4) is 0 Å². The number of aromatic nitrogens is 2. The molecular formula is C34H35ClN2O6Ti. The number of hydrogen-bond donors (Lipinski definition) is 0. The minimum atomic E-state index is -0.233. The summed E-state index contributed by atoms with van der Waals surface area (Å²) in [6.45, 7) is 2.58. The van der Waals surface area contributed by atoms with Crippen molar-refractivity contribution >= 4 is 35.5 Å². The topological polar surface area (TPSA) is 152 Å². The number of rotatable bonds is 8. The molecule has 8 nitrogen and oxygen atoms in total. The van der Waals surface area contributed by atoms with E-state index in [-0.39, 0.29) is 70.4 Å². The van der Waals surface area contributed by atoms with Crippen LogP contribution in [0.2, 0.25) is 0 Å². The summed E-state index contributed by atoms with van der Waals surface area (Å²) in [4.78, 5) is 29.0. The summed E-state index contributed by atoms with van der Waals surface area (Å²) in [6.07, 6.45) is 6.67. The second-order valence-corrected chi connectivity index (χ2v) is 8.52. The number of hydrogen-bond acceptors (Lipinski definition) is 8. The largest absolute Gasteiger partial charge is 4.00 e. The fourth-order valence-corrected chi connectivity index (χ4v) is 3.04. The van der Waals surface area contributed by atoms with Gasteiger partial charge in [0.25, 0.3) is 0 Å². The molecular weight excluding hydrogens is 616 g/mol. The summed E-state index contributed by atoms with van der Waals surface area (Å²) in [5, 5.41) is 42.5. The van der Waals surface area contributed by atoms with Gasteiger partial charge < -0.3 is 20.4 Å². The Hall–Kier alpha value is -3.92. The van der Waals surface area contributed by atoms with Gasteiger partial charge in [0.15, 0.2) is 11.6 Å². The normalized spacial score (nSPS) is 10.0. The van der Waals surface area contributed by atoms with E-state index in [1.165, 1.54) is 13.8 Å². The number of nitrogens with zero attached hydrogens (tertiary/aromatic N) is 2. The minimum absolute atomic E-state index is 0. The maximum atomic E-state index is 11.2. The molecule has 4 aromatic rings. The molecule has 0 aliphatic rings. The zero-order chi connectivity index (χ0) is 31.0. The minimum Gasteiger partial charge on any atom is -0.872 e. The van der Waals surface area contributed by atoms with Crippen molar-refractivity contribution in [2.24, 2.45) is 0 Å². The van der Waals surface area contributed by atoms with Gasteiger partial charge in [-0.1, -0.05) is 84.3 Å². The smallest absolute Gasteiger partial charge is 0.872 e. The number of pyridine rings is 2. The van der Waals surface area contributed by atoms with Gasteiger partial charge in [0.05, 0.1) is 0 Å². The number of allylic oxidation sites excluding steroid dienone is 2. The molecule has 0 N–H and O–H groups in total. The van der Waals surface area contributed by atoms with Gasteiger partial charge >= 0.3 is 21.7 Å². The van der Waals surface area contributed by atoms with Crippen LogP contribution in [0.4, 0.5) is 0 Å². The summed E-state index contributed by atoms with van der Waals surface area (Å²) in [7, 11) is 0. The van der Waals surface area contributed by atoms with Gasteiger partial charge in [-0.05, 0) is 74.2 Å². The predicted octanol–water partition coefficient (Wildman–Crippen LogP) is 2.34. The monoisotopic (exact) mass is 650 g/mol. The molecule has 0 spiro atoms. The third kappa shape index (κ3) is 20.9. The summed E-state index contributed by atoms with van der Waals surface area (Å²) >= 11 is 0. The van der Waals surface area contributed by atoms with Gasteiger partial charge in [0, 0.05) is 23.8 Å². The first kappa shape index (κ1) is 42.2. The van der Waals surface area contributed by atoms with Gasteiger partial charge in [-0.25, -0.2) is 0 Å². The Morgan fingerprint density at radius 2 is 0.909 bits per heavy atom. The fraction of sp³-hybridized carbons (Fsp3) is 0.176. The third-order valence-corrected chi connectivity index (χ3v) is 4.95. The van der Waals surface area contributed by atoms with Crippen LogP contribution in [0.5, 0.6) is 0 Å².